The van der Waals surface area contributed by atoms with Crippen LogP contribution in [0.1, 0.15) is 26.7 Å². The van der Waals surface area contributed by atoms with E-state index in [4.69, 9.17) is 21.1 Å². The molecule has 2 aromatic carbocycles. The van der Waals surface area contributed by atoms with E-state index in [0.29, 0.717) is 30.3 Å². The van der Waals surface area contributed by atoms with Crippen molar-refractivity contribution in [1.82, 2.24) is 4.31 Å². The van der Waals surface area contributed by atoms with Gasteiger partial charge in [0.05, 0.1) is 17.6 Å². The lowest BCUT2D eigenvalue weighted by molar-refractivity contribution is 0.242. The van der Waals surface area contributed by atoms with Crippen LogP contribution in [0.3, 0.4) is 0 Å². The maximum absolute atomic E-state index is 12.6. The molecule has 2 aromatic rings. The van der Waals surface area contributed by atoms with Crippen molar-refractivity contribution in [2.45, 2.75) is 37.7 Å². The molecule has 2 rings (SSSR count). The zero-order valence-corrected chi connectivity index (χ0v) is 17.5. The molecule has 148 valence electrons. The van der Waals surface area contributed by atoms with Gasteiger partial charge in [-0.1, -0.05) is 11.6 Å². The van der Waals surface area contributed by atoms with Crippen LogP contribution in [-0.4, -0.2) is 39.0 Å². The fourth-order valence-electron chi connectivity index (χ4n) is 2.42. The van der Waals surface area contributed by atoms with Crippen molar-refractivity contribution in [3.8, 4) is 11.5 Å². The first-order valence-corrected chi connectivity index (χ1v) is 10.7. The molecule has 0 atom stereocenters. The van der Waals surface area contributed by atoms with E-state index in [1.807, 2.05) is 26.0 Å². The van der Waals surface area contributed by atoms with E-state index in [0.717, 1.165) is 12.2 Å². The Labute approximate surface area is 166 Å². The number of hydrogen-bond acceptors (Lipinski definition) is 4. The van der Waals surface area contributed by atoms with Crippen molar-refractivity contribution in [3.63, 3.8) is 0 Å². The van der Waals surface area contributed by atoms with E-state index in [2.05, 4.69) is 0 Å². The number of benzene rings is 2. The Morgan fingerprint density at radius 3 is 2.15 bits per heavy atom. The number of nitrogens with zero attached hydrogens (tertiary/aromatic N) is 1. The van der Waals surface area contributed by atoms with E-state index in [-0.39, 0.29) is 11.0 Å². The zero-order chi connectivity index (χ0) is 19.9. The molecule has 0 fully saturated rings. The summed E-state index contributed by atoms with van der Waals surface area (Å²) < 4.78 is 37.8. The van der Waals surface area contributed by atoms with Crippen molar-refractivity contribution >= 4 is 21.6 Å². The molecule has 0 aromatic heterocycles. The first kappa shape index (κ1) is 21.5. The van der Waals surface area contributed by atoms with Gasteiger partial charge in [-0.3, -0.25) is 0 Å². The molecule has 0 N–H and O–H groups in total. The van der Waals surface area contributed by atoms with Gasteiger partial charge in [-0.2, -0.15) is 0 Å². The summed E-state index contributed by atoms with van der Waals surface area (Å²) in [6.07, 6.45) is 1.51. The number of sulfonamides is 1. The lowest BCUT2D eigenvalue weighted by Crippen LogP contribution is -2.28. The molecule has 0 radical (unpaired) electrons. The fourth-order valence-corrected chi connectivity index (χ4v) is 3.76. The number of halogens is 1. The second-order valence-corrected chi connectivity index (χ2v) is 8.96. The molecule has 7 heteroatoms. The second kappa shape index (κ2) is 9.97. The Morgan fingerprint density at radius 1 is 0.963 bits per heavy atom. The lowest BCUT2D eigenvalue weighted by Gasteiger charge is -2.18. The summed E-state index contributed by atoms with van der Waals surface area (Å²) >= 11 is 5.83. The molecule has 0 bridgehead atoms. The molecule has 5 nitrogen and oxygen atoms in total. The van der Waals surface area contributed by atoms with Crippen LogP contribution < -0.4 is 9.47 Å². The molecular formula is C20H26ClNO4S. The SMILES string of the molecule is CC(C)Oc1ccc(S(=O)(=O)N(C)CCCCOc2ccc(Cl)cc2)cc1. The van der Waals surface area contributed by atoms with Gasteiger partial charge in [0.25, 0.3) is 0 Å². The first-order valence-electron chi connectivity index (χ1n) is 8.90. The predicted octanol–water partition coefficient (Wildman–Crippen LogP) is 4.61. The molecule has 0 heterocycles. The van der Waals surface area contributed by atoms with E-state index in [9.17, 15) is 8.42 Å². The Morgan fingerprint density at radius 2 is 1.56 bits per heavy atom. The summed E-state index contributed by atoms with van der Waals surface area (Å²) in [6, 6.07) is 13.7. The van der Waals surface area contributed by atoms with Crippen molar-refractivity contribution in [2.75, 3.05) is 20.2 Å². The molecule has 0 saturated carbocycles. The third kappa shape index (κ3) is 6.72. The Bertz CT molecular complexity index is 805. The summed E-state index contributed by atoms with van der Waals surface area (Å²) in [5.41, 5.74) is 0. The van der Waals surface area contributed by atoms with E-state index in [1.54, 1.807) is 43.4 Å². The van der Waals surface area contributed by atoms with Crippen LogP contribution in [-0.2, 0) is 10.0 Å². The van der Waals surface area contributed by atoms with Gasteiger partial charge in [-0.15, -0.1) is 0 Å². The van der Waals surface area contributed by atoms with Crippen molar-refractivity contribution in [1.29, 1.82) is 0 Å². The van der Waals surface area contributed by atoms with E-state index in [1.165, 1.54) is 4.31 Å². The monoisotopic (exact) mass is 411 g/mol. The van der Waals surface area contributed by atoms with Gasteiger partial charge in [-0.05, 0) is 75.2 Å². The van der Waals surface area contributed by atoms with Gasteiger partial charge in [-0.25, -0.2) is 12.7 Å². The Kier molecular flexibility index (Phi) is 7.95. The fraction of sp³-hybridized carbons (Fsp3) is 0.400. The van der Waals surface area contributed by atoms with Gasteiger partial charge in [0, 0.05) is 18.6 Å². The van der Waals surface area contributed by atoms with Crippen molar-refractivity contribution < 1.29 is 17.9 Å². The van der Waals surface area contributed by atoms with Crippen molar-refractivity contribution in [2.24, 2.45) is 0 Å². The van der Waals surface area contributed by atoms with Crippen LogP contribution in [0.25, 0.3) is 0 Å². The minimum atomic E-state index is -3.51. The largest absolute Gasteiger partial charge is 0.494 e. The number of unbranched alkanes of at least 4 members (excludes halogenated alkanes) is 1. The second-order valence-electron chi connectivity index (χ2n) is 6.47. The first-order chi connectivity index (χ1) is 12.8. The van der Waals surface area contributed by atoms with Gasteiger partial charge < -0.3 is 9.47 Å². The molecule has 0 unspecified atom stereocenters. The average molecular weight is 412 g/mol. The highest BCUT2D eigenvalue weighted by atomic mass is 35.5. The predicted molar refractivity (Wildman–Crippen MR) is 108 cm³/mol. The maximum atomic E-state index is 12.6. The Hall–Kier alpha value is -1.76. The highest BCUT2D eigenvalue weighted by Crippen LogP contribution is 2.20. The average Bonchev–Trinajstić information content (AvgIpc) is 2.62. The Balaban J connectivity index is 1.79. The minimum Gasteiger partial charge on any atom is -0.494 e. The quantitative estimate of drug-likeness (QED) is 0.536. The van der Waals surface area contributed by atoms with Gasteiger partial charge in [0.1, 0.15) is 11.5 Å². The molecule has 27 heavy (non-hydrogen) atoms. The van der Waals surface area contributed by atoms with E-state index >= 15 is 0 Å². The standard InChI is InChI=1S/C20H26ClNO4S/c1-16(2)26-19-10-12-20(13-11-19)27(23,24)22(3)14-4-5-15-25-18-8-6-17(21)7-9-18/h6-13,16H,4-5,14-15H2,1-3H3. The zero-order valence-electron chi connectivity index (χ0n) is 15.9. The summed E-state index contributed by atoms with van der Waals surface area (Å²) in [5.74, 6) is 1.41. The van der Waals surface area contributed by atoms with Crippen LogP contribution in [0.2, 0.25) is 5.02 Å². The molecule has 0 aliphatic rings. The number of hydrogen-bond donors (Lipinski definition) is 0. The van der Waals surface area contributed by atoms with Crippen LogP contribution in [0.15, 0.2) is 53.4 Å². The van der Waals surface area contributed by atoms with Crippen LogP contribution >= 0.6 is 11.6 Å². The molecule has 0 aliphatic carbocycles. The maximum Gasteiger partial charge on any atom is 0.242 e. The summed E-state index contributed by atoms with van der Waals surface area (Å²) in [7, 11) is -1.91. The number of rotatable bonds is 10. The summed E-state index contributed by atoms with van der Waals surface area (Å²) in [4.78, 5) is 0.263. The molecule has 0 spiro atoms. The van der Waals surface area contributed by atoms with Crippen LogP contribution in [0.5, 0.6) is 11.5 Å². The highest BCUT2D eigenvalue weighted by Gasteiger charge is 2.20. The molecule has 0 amide bonds. The molecule has 0 aliphatic heterocycles. The van der Waals surface area contributed by atoms with Crippen LogP contribution in [0.4, 0.5) is 0 Å². The third-order valence-electron chi connectivity index (χ3n) is 3.85. The number of ether oxygens (including phenoxy) is 2. The normalized spacial score (nSPS) is 11.8. The highest BCUT2D eigenvalue weighted by molar-refractivity contribution is 7.89. The lowest BCUT2D eigenvalue weighted by atomic mass is 10.3. The minimum absolute atomic E-state index is 0.0465. The third-order valence-corrected chi connectivity index (χ3v) is 5.98. The van der Waals surface area contributed by atoms with Gasteiger partial charge in [0.15, 0.2) is 0 Å². The topological polar surface area (TPSA) is 55.8 Å². The van der Waals surface area contributed by atoms with Gasteiger partial charge in [0.2, 0.25) is 10.0 Å². The molecule has 0 saturated heterocycles. The smallest absolute Gasteiger partial charge is 0.242 e. The summed E-state index contributed by atoms with van der Waals surface area (Å²) in [6.45, 7) is 4.80. The van der Waals surface area contributed by atoms with E-state index < -0.39 is 10.0 Å². The van der Waals surface area contributed by atoms with Crippen LogP contribution in [0, 0.1) is 0 Å². The summed E-state index contributed by atoms with van der Waals surface area (Å²) in [5, 5.41) is 0.665. The van der Waals surface area contributed by atoms with Gasteiger partial charge >= 0.3 is 0 Å². The van der Waals surface area contributed by atoms with Crippen molar-refractivity contribution in [3.05, 3.63) is 53.6 Å². The molecular weight excluding hydrogens is 386 g/mol.